The summed E-state index contributed by atoms with van der Waals surface area (Å²) >= 11 is 16.3. The van der Waals surface area contributed by atoms with Gasteiger partial charge in [0.1, 0.15) is 5.82 Å². The van der Waals surface area contributed by atoms with Crippen LogP contribution in [0.3, 0.4) is 0 Å². The predicted octanol–water partition coefficient (Wildman–Crippen LogP) is 6.26. The van der Waals surface area contributed by atoms with Gasteiger partial charge in [-0.2, -0.15) is 0 Å². The van der Waals surface area contributed by atoms with E-state index in [9.17, 15) is 9.18 Å². The Morgan fingerprint density at radius 2 is 1.75 bits per heavy atom. The Kier molecular flexibility index (Phi) is 5.40. The van der Waals surface area contributed by atoms with E-state index in [4.69, 9.17) is 11.6 Å². The van der Waals surface area contributed by atoms with Crippen molar-refractivity contribution >= 4 is 65.2 Å². The summed E-state index contributed by atoms with van der Waals surface area (Å²) in [6, 6.07) is 8.77. The fourth-order valence-electron chi connectivity index (χ4n) is 1.66. The molecule has 2 aromatic carbocycles. The third kappa shape index (κ3) is 3.50. The Morgan fingerprint density at radius 3 is 2.30 bits per heavy atom. The Hall–Kier alpha value is -0.230. The van der Waals surface area contributed by atoms with E-state index in [0.717, 1.165) is 5.56 Å². The van der Waals surface area contributed by atoms with Gasteiger partial charge in [-0.1, -0.05) is 59.4 Å². The van der Waals surface area contributed by atoms with Gasteiger partial charge in [0.25, 0.3) is 0 Å². The molecule has 20 heavy (non-hydrogen) atoms. The van der Waals surface area contributed by atoms with Crippen molar-refractivity contribution in [1.82, 2.24) is 0 Å². The molecule has 0 aromatic heterocycles. The molecular formula is C14H7Br3ClFO. The van der Waals surface area contributed by atoms with Crippen LogP contribution < -0.4 is 0 Å². The normalized spacial score (nSPS) is 10.9. The lowest BCUT2D eigenvalue weighted by molar-refractivity contribution is 0.103. The summed E-state index contributed by atoms with van der Waals surface area (Å²) < 4.78 is 13.4. The first kappa shape index (κ1) is 16.1. The van der Waals surface area contributed by atoms with Gasteiger partial charge in [-0.05, 0) is 42.0 Å². The highest BCUT2D eigenvalue weighted by atomic mass is 79.9. The zero-order valence-electron chi connectivity index (χ0n) is 9.84. The topological polar surface area (TPSA) is 17.1 Å². The van der Waals surface area contributed by atoms with Crippen molar-refractivity contribution in [3.8, 4) is 0 Å². The second kappa shape index (κ2) is 6.69. The lowest BCUT2D eigenvalue weighted by atomic mass is 10.0. The second-order valence-corrected chi connectivity index (χ2v) is 8.31. The van der Waals surface area contributed by atoms with E-state index >= 15 is 0 Å². The van der Waals surface area contributed by atoms with Gasteiger partial charge >= 0.3 is 0 Å². The highest BCUT2D eigenvalue weighted by molar-refractivity contribution is 9.24. The molecule has 0 radical (unpaired) electrons. The molecule has 104 valence electrons. The largest absolute Gasteiger partial charge is 0.289 e. The monoisotopic (exact) mass is 482 g/mol. The van der Waals surface area contributed by atoms with Crippen LogP contribution in [0.5, 0.6) is 0 Å². The SMILES string of the molecule is O=C(c1ccc(F)cc1)c1cc(Cl)c(C(Br)Br)cc1Br. The highest BCUT2D eigenvalue weighted by Crippen LogP contribution is 2.37. The zero-order valence-corrected chi connectivity index (χ0v) is 15.4. The molecule has 1 nitrogen and oxygen atoms in total. The molecule has 0 bridgehead atoms. The second-order valence-electron chi connectivity index (χ2n) is 3.99. The van der Waals surface area contributed by atoms with Crippen molar-refractivity contribution in [3.05, 3.63) is 68.4 Å². The van der Waals surface area contributed by atoms with E-state index in [0.29, 0.717) is 20.6 Å². The molecule has 2 rings (SSSR count). The molecule has 0 unspecified atom stereocenters. The quantitative estimate of drug-likeness (QED) is 0.371. The van der Waals surface area contributed by atoms with Crippen molar-refractivity contribution in [1.29, 1.82) is 0 Å². The van der Waals surface area contributed by atoms with Crippen LogP contribution in [0.15, 0.2) is 40.9 Å². The average molecular weight is 485 g/mol. The number of carbonyl (C=O) groups is 1. The van der Waals surface area contributed by atoms with Crippen molar-refractivity contribution in [2.24, 2.45) is 0 Å². The molecule has 0 aliphatic heterocycles. The van der Waals surface area contributed by atoms with Gasteiger partial charge in [0.2, 0.25) is 0 Å². The van der Waals surface area contributed by atoms with Crippen molar-refractivity contribution in [3.63, 3.8) is 0 Å². The first-order valence-electron chi connectivity index (χ1n) is 5.47. The molecule has 0 saturated carbocycles. The third-order valence-corrected chi connectivity index (χ3v) is 4.64. The molecule has 0 atom stereocenters. The maximum Gasteiger partial charge on any atom is 0.194 e. The van der Waals surface area contributed by atoms with Gasteiger partial charge < -0.3 is 0 Å². The Bertz CT molecular complexity index is 656. The van der Waals surface area contributed by atoms with Crippen LogP contribution in [-0.2, 0) is 0 Å². The smallest absolute Gasteiger partial charge is 0.194 e. The predicted molar refractivity (Wildman–Crippen MR) is 89.6 cm³/mol. The van der Waals surface area contributed by atoms with Crippen LogP contribution >= 0.6 is 59.4 Å². The van der Waals surface area contributed by atoms with Gasteiger partial charge in [-0.25, -0.2) is 4.39 Å². The minimum atomic E-state index is -0.379. The van der Waals surface area contributed by atoms with Gasteiger partial charge in [-0.3, -0.25) is 4.79 Å². The minimum Gasteiger partial charge on any atom is -0.289 e. The first-order valence-corrected chi connectivity index (χ1v) is 8.47. The molecule has 2 aromatic rings. The fraction of sp³-hybridized carbons (Fsp3) is 0.0714. The average Bonchev–Trinajstić information content (AvgIpc) is 2.40. The maximum absolute atomic E-state index is 12.9. The summed E-state index contributed by atoms with van der Waals surface area (Å²) in [7, 11) is 0. The van der Waals surface area contributed by atoms with Gasteiger partial charge in [0.15, 0.2) is 5.78 Å². The summed E-state index contributed by atoms with van der Waals surface area (Å²) in [6.45, 7) is 0. The number of benzene rings is 2. The van der Waals surface area contributed by atoms with Crippen LogP contribution in [0.1, 0.15) is 25.2 Å². The van der Waals surface area contributed by atoms with Gasteiger partial charge in [-0.15, -0.1) is 0 Å². The Labute approximate surface area is 145 Å². The number of rotatable bonds is 3. The van der Waals surface area contributed by atoms with E-state index in [1.165, 1.54) is 24.3 Å². The lowest BCUT2D eigenvalue weighted by Gasteiger charge is -2.10. The Morgan fingerprint density at radius 1 is 1.15 bits per heavy atom. The minimum absolute atomic E-state index is 0.103. The van der Waals surface area contributed by atoms with Crippen LogP contribution in [-0.4, -0.2) is 5.78 Å². The number of hydrogen-bond acceptors (Lipinski definition) is 1. The first-order chi connectivity index (χ1) is 9.40. The molecule has 0 amide bonds. The number of hydrogen-bond donors (Lipinski definition) is 0. The summed E-state index contributed by atoms with van der Waals surface area (Å²) in [5.41, 5.74) is 1.66. The van der Waals surface area contributed by atoms with E-state index in [-0.39, 0.29) is 15.3 Å². The van der Waals surface area contributed by atoms with Crippen LogP contribution in [0.4, 0.5) is 4.39 Å². The van der Waals surface area contributed by atoms with Crippen LogP contribution in [0.2, 0.25) is 5.02 Å². The summed E-state index contributed by atoms with van der Waals surface area (Å²) in [5.74, 6) is -0.596. The van der Waals surface area contributed by atoms with E-state index in [1.807, 2.05) is 0 Å². The standard InChI is InChI=1S/C14H7Br3ClFO/c15-11-5-10(14(16)17)12(18)6-9(11)13(20)7-1-3-8(19)4-2-7/h1-6,14H. The Balaban J connectivity index is 2.45. The molecule has 0 aliphatic rings. The molecule has 0 fully saturated rings. The summed E-state index contributed by atoms with van der Waals surface area (Å²) in [5, 5.41) is 0.470. The summed E-state index contributed by atoms with van der Waals surface area (Å²) in [4.78, 5) is 12.4. The molecule has 0 N–H and O–H groups in total. The van der Waals surface area contributed by atoms with E-state index in [2.05, 4.69) is 47.8 Å². The third-order valence-electron chi connectivity index (χ3n) is 2.67. The molecule has 0 aliphatic carbocycles. The fourth-order valence-corrected chi connectivity index (χ4v) is 3.50. The van der Waals surface area contributed by atoms with Gasteiger partial charge in [0, 0.05) is 20.6 Å². The van der Waals surface area contributed by atoms with Crippen molar-refractivity contribution < 1.29 is 9.18 Å². The van der Waals surface area contributed by atoms with Crippen molar-refractivity contribution in [2.75, 3.05) is 0 Å². The number of alkyl halides is 2. The highest BCUT2D eigenvalue weighted by Gasteiger charge is 2.17. The lowest BCUT2D eigenvalue weighted by Crippen LogP contribution is -2.03. The number of ketones is 1. The van der Waals surface area contributed by atoms with Gasteiger partial charge in [0.05, 0.1) is 3.74 Å². The van der Waals surface area contributed by atoms with E-state index in [1.54, 1.807) is 12.1 Å². The zero-order chi connectivity index (χ0) is 14.9. The molecular weight excluding hydrogens is 478 g/mol. The molecule has 0 heterocycles. The van der Waals surface area contributed by atoms with E-state index < -0.39 is 0 Å². The van der Waals surface area contributed by atoms with Crippen molar-refractivity contribution in [2.45, 2.75) is 3.74 Å². The van der Waals surface area contributed by atoms with Crippen LogP contribution in [0, 0.1) is 5.82 Å². The number of halogens is 5. The summed E-state index contributed by atoms with van der Waals surface area (Å²) in [6.07, 6.45) is 0. The maximum atomic E-state index is 12.9. The van der Waals surface area contributed by atoms with Crippen LogP contribution in [0.25, 0.3) is 0 Å². The number of carbonyl (C=O) groups excluding carboxylic acids is 1. The molecule has 0 spiro atoms. The molecule has 6 heteroatoms. The molecule has 0 saturated heterocycles.